The molecule has 7 atom stereocenters. The summed E-state index contributed by atoms with van der Waals surface area (Å²) >= 11 is 0. The molecule has 0 heterocycles. The summed E-state index contributed by atoms with van der Waals surface area (Å²) in [6.45, 7) is 10.8. The summed E-state index contributed by atoms with van der Waals surface area (Å²) < 4.78 is 0. The van der Waals surface area contributed by atoms with Gasteiger partial charge in [-0.05, 0) is 50.0 Å². The highest BCUT2D eigenvalue weighted by Crippen LogP contribution is 2.11. The Morgan fingerprint density at radius 3 is 1.78 bits per heavy atom. The van der Waals surface area contributed by atoms with E-state index in [1.54, 1.807) is 44.2 Å². The van der Waals surface area contributed by atoms with Crippen molar-refractivity contribution in [2.75, 3.05) is 6.54 Å². The monoisotopic (exact) mass is 848 g/mol. The summed E-state index contributed by atoms with van der Waals surface area (Å²) in [5.41, 5.74) is 20.8. The number of hydrogen-bond acceptors (Lipinski definition) is 8. The number of primary amides is 1. The number of guanidine groups is 1. The molecule has 0 bridgehead atoms. The lowest BCUT2D eigenvalue weighted by Crippen LogP contribution is -2.78. The number of quaternary nitrogens is 1. The van der Waals surface area contributed by atoms with Gasteiger partial charge in [0.1, 0.15) is 36.3 Å². The molecule has 0 saturated carbocycles. The number of carbonyl (C=O) groups is 8. The number of benzene rings is 1. The van der Waals surface area contributed by atoms with Gasteiger partial charge in [0.15, 0.2) is 6.04 Å². The maximum absolute atomic E-state index is 14.0. The number of carbonyl (C=O) groups excluding carboxylic acids is 7. The van der Waals surface area contributed by atoms with Gasteiger partial charge in [0, 0.05) is 19.3 Å². The first-order chi connectivity index (χ1) is 28.2. The van der Waals surface area contributed by atoms with Crippen LogP contribution >= 0.6 is 0 Å². The molecule has 0 radical (unpaired) electrons. The van der Waals surface area contributed by atoms with E-state index in [4.69, 9.17) is 17.2 Å². The van der Waals surface area contributed by atoms with Crippen LogP contribution < -0.4 is 59.8 Å². The second-order valence-electron chi connectivity index (χ2n) is 15.7. The first-order valence-electron chi connectivity index (χ1n) is 20.5. The van der Waals surface area contributed by atoms with Crippen molar-refractivity contribution < 1.29 is 54.2 Å². The van der Waals surface area contributed by atoms with Crippen LogP contribution in [0.2, 0.25) is 0 Å². The highest BCUT2D eigenvalue weighted by molar-refractivity contribution is 5.97. The van der Waals surface area contributed by atoms with Crippen molar-refractivity contribution >= 4 is 53.3 Å². The van der Waals surface area contributed by atoms with Gasteiger partial charge in [-0.2, -0.15) is 0 Å². The van der Waals surface area contributed by atoms with Crippen LogP contribution in [0.15, 0.2) is 30.3 Å². The lowest BCUT2D eigenvalue weighted by molar-refractivity contribution is -0.463. The van der Waals surface area contributed by atoms with E-state index in [0.29, 0.717) is 37.8 Å². The van der Waals surface area contributed by atoms with Crippen LogP contribution in [-0.2, 0) is 44.8 Å². The molecule has 0 aliphatic rings. The molecule has 0 unspecified atom stereocenters. The summed E-state index contributed by atoms with van der Waals surface area (Å²) in [6, 6.07) is 0.831. The van der Waals surface area contributed by atoms with Crippen molar-refractivity contribution in [2.45, 2.75) is 142 Å². The number of aliphatic carboxylic acids is 1. The molecule has 0 saturated heterocycles. The maximum atomic E-state index is 14.0. The fraction of sp³-hybridized carbons (Fsp3) is 0.625. The predicted molar refractivity (Wildman–Crippen MR) is 222 cm³/mol. The fourth-order valence-corrected chi connectivity index (χ4v) is 5.99. The number of unbranched alkanes of at least 4 members (excludes halogenated alkanes) is 1. The SMILES string of the molecule is CCCC[C@H](NC(=O)[C@H](C)NC(=O)[C@H](CCC(=O)O)NC(=O)[C@H](Cc1ccccc1)NC(=O)[C@H](CC(C)C)NC(=O)[C@@H](NC(=O)[C@@H]([NH3+])CCC[NH+]=C(N)N)C(C)C)C(N)=O. The molecular formula is C40H69N11O9+2. The van der Waals surface area contributed by atoms with Crippen LogP contribution in [0.5, 0.6) is 0 Å². The largest absolute Gasteiger partial charge is 0.481 e. The molecule has 20 heteroatoms. The molecule has 0 fully saturated rings. The van der Waals surface area contributed by atoms with Crippen molar-refractivity contribution in [1.82, 2.24) is 31.9 Å². The summed E-state index contributed by atoms with van der Waals surface area (Å²) in [5, 5.41) is 25.1. The Morgan fingerprint density at radius 2 is 1.23 bits per heavy atom. The van der Waals surface area contributed by atoms with E-state index in [1.807, 2.05) is 20.8 Å². The van der Waals surface area contributed by atoms with Crippen LogP contribution in [0.4, 0.5) is 0 Å². The van der Waals surface area contributed by atoms with Crippen LogP contribution in [0.1, 0.15) is 98.5 Å². The molecule has 0 spiro atoms. The van der Waals surface area contributed by atoms with Gasteiger partial charge in [0.2, 0.25) is 35.4 Å². The third-order valence-corrected chi connectivity index (χ3v) is 9.47. The number of hydrogen-bond donors (Lipinski definition) is 12. The smallest absolute Gasteiger partial charge is 0.338 e. The third-order valence-electron chi connectivity index (χ3n) is 9.47. The molecule has 336 valence electrons. The van der Waals surface area contributed by atoms with E-state index < -0.39 is 96.0 Å². The second kappa shape index (κ2) is 27.1. The van der Waals surface area contributed by atoms with Gasteiger partial charge in [0.25, 0.3) is 5.91 Å². The molecule has 20 nitrogen and oxygen atoms in total. The van der Waals surface area contributed by atoms with Gasteiger partial charge >= 0.3 is 11.9 Å². The molecule has 0 aromatic heterocycles. The van der Waals surface area contributed by atoms with Crippen LogP contribution in [0.25, 0.3) is 0 Å². The average Bonchev–Trinajstić information content (AvgIpc) is 3.17. The zero-order valence-electron chi connectivity index (χ0n) is 35.8. The minimum Gasteiger partial charge on any atom is -0.481 e. The van der Waals surface area contributed by atoms with Crippen LogP contribution in [-0.4, -0.2) is 107 Å². The number of rotatable bonds is 28. The Hall–Kier alpha value is -5.79. The molecule has 1 aromatic carbocycles. The number of carboxylic acid groups (broad SMARTS) is 1. The molecule has 7 amide bonds. The van der Waals surface area contributed by atoms with Crippen molar-refractivity contribution in [3.05, 3.63) is 35.9 Å². The van der Waals surface area contributed by atoms with Gasteiger partial charge in [-0.25, -0.2) is 0 Å². The van der Waals surface area contributed by atoms with E-state index in [9.17, 15) is 43.5 Å². The lowest BCUT2D eigenvalue weighted by atomic mass is 9.98. The minimum atomic E-state index is -1.46. The van der Waals surface area contributed by atoms with Gasteiger partial charge in [-0.15, -0.1) is 0 Å². The molecule has 1 rings (SSSR count). The molecule has 17 N–H and O–H groups in total. The number of carboxylic acids is 1. The molecule has 0 aliphatic carbocycles. The average molecular weight is 848 g/mol. The van der Waals surface area contributed by atoms with E-state index in [1.165, 1.54) is 6.92 Å². The highest BCUT2D eigenvalue weighted by atomic mass is 16.4. The van der Waals surface area contributed by atoms with E-state index in [0.717, 1.165) is 6.42 Å². The Labute approximate surface area is 351 Å². The van der Waals surface area contributed by atoms with Crippen molar-refractivity contribution in [3.63, 3.8) is 0 Å². The minimum absolute atomic E-state index is 0.0551. The Bertz CT molecular complexity index is 1620. The highest BCUT2D eigenvalue weighted by Gasteiger charge is 2.34. The summed E-state index contributed by atoms with van der Waals surface area (Å²) in [6.07, 6.45) is 1.77. The summed E-state index contributed by atoms with van der Waals surface area (Å²) in [5.74, 6) is -6.68. The van der Waals surface area contributed by atoms with E-state index >= 15 is 0 Å². The first kappa shape index (κ1) is 52.2. The predicted octanol–water partition coefficient (Wildman–Crippen LogP) is -3.86. The van der Waals surface area contributed by atoms with Crippen molar-refractivity contribution in [1.29, 1.82) is 0 Å². The maximum Gasteiger partial charge on any atom is 0.338 e. The van der Waals surface area contributed by atoms with Gasteiger partial charge < -0.3 is 48.5 Å². The summed E-state index contributed by atoms with van der Waals surface area (Å²) in [7, 11) is 0. The van der Waals surface area contributed by atoms with Crippen molar-refractivity contribution in [2.24, 2.45) is 29.0 Å². The van der Waals surface area contributed by atoms with Crippen molar-refractivity contribution in [3.8, 4) is 0 Å². The molecule has 60 heavy (non-hydrogen) atoms. The fourth-order valence-electron chi connectivity index (χ4n) is 5.99. The number of nitrogens with one attached hydrogen (secondary N) is 7. The van der Waals surface area contributed by atoms with E-state index in [2.05, 4.69) is 42.6 Å². The Morgan fingerprint density at radius 1 is 0.667 bits per heavy atom. The standard InChI is InChI=1S/C40H67N11O9/c1-7-8-16-27(33(42)54)47-34(55)24(6)46-36(57)28(17-18-31(52)53)48-38(59)30(21-25-13-10-9-11-14-25)49-37(58)29(20-22(2)3)50-39(60)32(23(4)5)51-35(56)26(41)15-12-19-45-40(43)44/h9-11,13-14,22-24,26-30,32H,7-8,12,15-21,41H2,1-6H3,(H2,42,54)(H,46,57)(H,47,55)(H,48,59)(H,49,58)(H,50,60)(H,51,56)(H,52,53)(H4,43,44,45)/p+2/t24-,26-,27-,28-,29-,30-,32-/m0/s1. The normalized spacial score (nSPS) is 14.6. The van der Waals surface area contributed by atoms with Gasteiger partial charge in [0.05, 0.1) is 6.54 Å². The van der Waals surface area contributed by atoms with E-state index in [-0.39, 0.29) is 37.1 Å². The molecule has 0 aliphatic heterocycles. The molecular weight excluding hydrogens is 779 g/mol. The Kier molecular flexibility index (Phi) is 23.6. The van der Waals surface area contributed by atoms with Gasteiger partial charge in [-0.3, -0.25) is 54.8 Å². The number of nitrogens with two attached hydrogens (primary N) is 3. The second-order valence-corrected chi connectivity index (χ2v) is 15.7. The number of amides is 7. The third kappa shape index (κ3) is 20.3. The Balaban J connectivity index is 3.32. The quantitative estimate of drug-likeness (QED) is 0.0220. The van der Waals surface area contributed by atoms with Crippen LogP contribution in [0.3, 0.4) is 0 Å². The lowest BCUT2D eigenvalue weighted by Gasteiger charge is -2.28. The van der Waals surface area contributed by atoms with Gasteiger partial charge in [-0.1, -0.05) is 77.8 Å². The first-order valence-corrected chi connectivity index (χ1v) is 20.5. The zero-order chi connectivity index (χ0) is 45.5. The summed E-state index contributed by atoms with van der Waals surface area (Å²) in [4.78, 5) is 107. The topological polar surface area (TPSA) is 349 Å². The zero-order valence-corrected chi connectivity index (χ0v) is 35.8. The molecule has 1 aromatic rings. The van der Waals surface area contributed by atoms with Crippen LogP contribution in [0, 0.1) is 11.8 Å².